The molecule has 1 heteroatoms. The molecule has 0 saturated carbocycles. The summed E-state index contributed by atoms with van der Waals surface area (Å²) in [6, 6.07) is 0. The van der Waals surface area contributed by atoms with Crippen molar-refractivity contribution in [3.63, 3.8) is 0 Å². The Balaban J connectivity index is 4.14. The van der Waals surface area contributed by atoms with Crippen molar-refractivity contribution in [2.24, 2.45) is 0 Å². The Bertz CT molecular complexity index is 400. The molecule has 1 atom stereocenters. The third-order valence-electron chi connectivity index (χ3n) is 3.34. The van der Waals surface area contributed by atoms with E-state index in [0.29, 0.717) is 0 Å². The summed E-state index contributed by atoms with van der Waals surface area (Å²) >= 11 is 6.40. The Morgan fingerprint density at radius 1 is 0.762 bits per heavy atom. The maximum atomic E-state index is 6.40. The molecule has 0 spiro atoms. The summed E-state index contributed by atoms with van der Waals surface area (Å²) in [6.45, 7) is 13.0. The molecule has 0 saturated heterocycles. The molecule has 0 aromatic rings. The highest BCUT2D eigenvalue weighted by atomic mass is 35.5. The standard InChI is InChI=1S/C20H33Cl/c1-16(2)9-7-11-18(5)13-14-20(21)15-19(6)12-8-10-17(3)4/h9-10,13,15,20H,7-8,11-12,14H2,1-6H3/b18-13+,19-15+. The zero-order chi connectivity index (χ0) is 16.3. The number of hydrogen-bond acceptors (Lipinski definition) is 0. The van der Waals surface area contributed by atoms with Gasteiger partial charge >= 0.3 is 0 Å². The van der Waals surface area contributed by atoms with Crippen LogP contribution >= 0.6 is 11.6 Å². The molecule has 0 aromatic heterocycles. The molecule has 0 aliphatic carbocycles. The fraction of sp³-hybridized carbons (Fsp3) is 0.600. The van der Waals surface area contributed by atoms with Crippen molar-refractivity contribution in [2.75, 3.05) is 0 Å². The lowest BCUT2D eigenvalue weighted by atomic mass is 10.1. The van der Waals surface area contributed by atoms with Crippen LogP contribution in [0.15, 0.2) is 46.6 Å². The highest BCUT2D eigenvalue weighted by molar-refractivity contribution is 6.21. The Hall–Kier alpha value is -0.750. The number of alkyl halides is 1. The van der Waals surface area contributed by atoms with E-state index in [1.165, 1.54) is 22.3 Å². The van der Waals surface area contributed by atoms with Gasteiger partial charge in [0.05, 0.1) is 5.38 Å². The van der Waals surface area contributed by atoms with Crippen LogP contribution < -0.4 is 0 Å². The quantitative estimate of drug-likeness (QED) is 0.308. The predicted molar refractivity (Wildman–Crippen MR) is 99.1 cm³/mol. The summed E-state index contributed by atoms with van der Waals surface area (Å²) in [5.74, 6) is 0. The molecule has 0 heterocycles. The van der Waals surface area contributed by atoms with Crippen LogP contribution in [0.25, 0.3) is 0 Å². The molecule has 0 amide bonds. The van der Waals surface area contributed by atoms with E-state index >= 15 is 0 Å². The molecule has 0 N–H and O–H groups in total. The molecule has 0 rings (SSSR count). The Morgan fingerprint density at radius 3 is 1.71 bits per heavy atom. The van der Waals surface area contributed by atoms with E-state index in [-0.39, 0.29) is 5.38 Å². The van der Waals surface area contributed by atoms with Gasteiger partial charge in [-0.2, -0.15) is 0 Å². The lowest BCUT2D eigenvalue weighted by molar-refractivity contribution is 0.919. The molecule has 120 valence electrons. The summed E-state index contributed by atoms with van der Waals surface area (Å²) in [4.78, 5) is 0. The SMILES string of the molecule is CC(C)=CCC/C(C)=C/CC(Cl)/C=C(\C)CCC=C(C)C. The predicted octanol–water partition coefficient (Wildman–Crippen LogP) is 7.37. The van der Waals surface area contributed by atoms with Crippen LogP contribution in [0.1, 0.15) is 73.6 Å². The smallest absolute Gasteiger partial charge is 0.0553 e. The summed E-state index contributed by atoms with van der Waals surface area (Å²) in [5, 5.41) is 0.120. The van der Waals surface area contributed by atoms with Crippen LogP contribution in [0.5, 0.6) is 0 Å². The van der Waals surface area contributed by atoms with Gasteiger partial charge < -0.3 is 0 Å². The molecule has 0 aliphatic heterocycles. The third kappa shape index (κ3) is 14.0. The Morgan fingerprint density at radius 2 is 1.24 bits per heavy atom. The van der Waals surface area contributed by atoms with Crippen molar-refractivity contribution < 1.29 is 0 Å². The van der Waals surface area contributed by atoms with E-state index in [1.807, 2.05) is 0 Å². The van der Waals surface area contributed by atoms with Crippen LogP contribution in [0, 0.1) is 0 Å². The highest BCUT2D eigenvalue weighted by Crippen LogP contribution is 2.15. The largest absolute Gasteiger partial charge is 0.118 e. The third-order valence-corrected chi connectivity index (χ3v) is 3.64. The first-order valence-electron chi connectivity index (χ1n) is 8.05. The fourth-order valence-electron chi connectivity index (χ4n) is 2.05. The normalized spacial score (nSPS) is 13.9. The van der Waals surface area contributed by atoms with Crippen molar-refractivity contribution in [1.29, 1.82) is 0 Å². The van der Waals surface area contributed by atoms with E-state index in [9.17, 15) is 0 Å². The van der Waals surface area contributed by atoms with Crippen LogP contribution in [0.4, 0.5) is 0 Å². The molecule has 0 fully saturated rings. The topological polar surface area (TPSA) is 0 Å². The van der Waals surface area contributed by atoms with E-state index in [0.717, 1.165) is 32.1 Å². The molecule has 0 aromatic carbocycles. The van der Waals surface area contributed by atoms with E-state index in [4.69, 9.17) is 11.6 Å². The zero-order valence-corrected chi connectivity index (χ0v) is 15.6. The van der Waals surface area contributed by atoms with E-state index in [1.54, 1.807) is 0 Å². The van der Waals surface area contributed by atoms with Gasteiger partial charge in [-0.25, -0.2) is 0 Å². The minimum atomic E-state index is 0.120. The fourth-order valence-corrected chi connectivity index (χ4v) is 2.36. The van der Waals surface area contributed by atoms with Gasteiger partial charge in [0, 0.05) is 0 Å². The number of rotatable bonds is 9. The minimum absolute atomic E-state index is 0.120. The first-order chi connectivity index (χ1) is 9.81. The van der Waals surface area contributed by atoms with Gasteiger partial charge in [-0.05, 0) is 73.6 Å². The molecular weight excluding hydrogens is 276 g/mol. The van der Waals surface area contributed by atoms with Gasteiger partial charge in [-0.1, -0.05) is 46.6 Å². The highest BCUT2D eigenvalue weighted by Gasteiger charge is 2.00. The van der Waals surface area contributed by atoms with Crippen LogP contribution in [0.2, 0.25) is 0 Å². The lowest BCUT2D eigenvalue weighted by Crippen LogP contribution is -1.94. The average Bonchev–Trinajstić information content (AvgIpc) is 2.35. The molecule has 0 radical (unpaired) electrons. The number of allylic oxidation sites excluding steroid dienone is 8. The van der Waals surface area contributed by atoms with Crippen LogP contribution in [-0.2, 0) is 0 Å². The molecule has 1 unspecified atom stereocenters. The second-order valence-corrected chi connectivity index (χ2v) is 7.02. The summed E-state index contributed by atoms with van der Waals surface area (Å²) in [7, 11) is 0. The van der Waals surface area contributed by atoms with Gasteiger partial charge in [0.2, 0.25) is 0 Å². The van der Waals surface area contributed by atoms with Gasteiger partial charge in [0.25, 0.3) is 0 Å². The minimum Gasteiger partial charge on any atom is -0.118 e. The molecule has 0 bridgehead atoms. The maximum Gasteiger partial charge on any atom is 0.0553 e. The molecular formula is C20H33Cl. The maximum absolute atomic E-state index is 6.40. The number of hydrogen-bond donors (Lipinski definition) is 0. The Labute approximate surface area is 137 Å². The molecule has 21 heavy (non-hydrogen) atoms. The van der Waals surface area contributed by atoms with Gasteiger partial charge in [0.1, 0.15) is 0 Å². The van der Waals surface area contributed by atoms with Gasteiger partial charge in [-0.3, -0.25) is 0 Å². The number of halogens is 1. The van der Waals surface area contributed by atoms with E-state index < -0.39 is 0 Å². The average molecular weight is 309 g/mol. The van der Waals surface area contributed by atoms with Crippen molar-refractivity contribution in [2.45, 2.75) is 79.0 Å². The van der Waals surface area contributed by atoms with Crippen LogP contribution in [0.3, 0.4) is 0 Å². The van der Waals surface area contributed by atoms with Crippen molar-refractivity contribution >= 4 is 11.6 Å². The monoisotopic (exact) mass is 308 g/mol. The van der Waals surface area contributed by atoms with Gasteiger partial charge in [-0.15, -0.1) is 11.6 Å². The van der Waals surface area contributed by atoms with Gasteiger partial charge in [0.15, 0.2) is 0 Å². The van der Waals surface area contributed by atoms with Crippen LogP contribution in [-0.4, -0.2) is 5.38 Å². The second kappa shape index (κ2) is 11.9. The summed E-state index contributed by atoms with van der Waals surface area (Å²) in [6.07, 6.45) is 14.5. The summed E-state index contributed by atoms with van der Waals surface area (Å²) in [5.41, 5.74) is 5.62. The molecule has 0 nitrogen and oxygen atoms in total. The Kier molecular flexibility index (Phi) is 11.4. The summed E-state index contributed by atoms with van der Waals surface area (Å²) < 4.78 is 0. The molecule has 0 aliphatic rings. The first kappa shape index (κ1) is 20.2. The first-order valence-corrected chi connectivity index (χ1v) is 8.48. The zero-order valence-electron chi connectivity index (χ0n) is 14.8. The van der Waals surface area contributed by atoms with Crippen molar-refractivity contribution in [3.8, 4) is 0 Å². The van der Waals surface area contributed by atoms with Crippen molar-refractivity contribution in [1.82, 2.24) is 0 Å². The second-order valence-electron chi connectivity index (χ2n) is 6.46. The van der Waals surface area contributed by atoms with E-state index in [2.05, 4.69) is 65.8 Å². The van der Waals surface area contributed by atoms with Crippen molar-refractivity contribution in [3.05, 3.63) is 46.6 Å². The lowest BCUT2D eigenvalue weighted by Gasteiger charge is -2.05.